The molecule has 1 heterocycles. The molecular formula is C20H27N3O3S. The van der Waals surface area contributed by atoms with Gasteiger partial charge in [0.15, 0.2) is 0 Å². The number of nitrogens with one attached hydrogen (secondary N) is 2. The van der Waals surface area contributed by atoms with Gasteiger partial charge in [-0.25, -0.2) is 4.79 Å². The minimum Gasteiger partial charge on any atom is -0.322 e. The van der Waals surface area contributed by atoms with Crippen LogP contribution < -0.4 is 10.7 Å². The number of urea groups is 1. The first-order valence-electron chi connectivity index (χ1n) is 9.39. The van der Waals surface area contributed by atoms with Gasteiger partial charge in [0.2, 0.25) is 5.91 Å². The molecule has 2 aliphatic rings. The van der Waals surface area contributed by atoms with Gasteiger partial charge in [0.25, 0.3) is 5.91 Å². The molecular weight excluding hydrogens is 362 g/mol. The number of hydrazine groups is 1. The van der Waals surface area contributed by atoms with Gasteiger partial charge in [0.05, 0.1) is 5.75 Å². The summed E-state index contributed by atoms with van der Waals surface area (Å²) in [5.41, 5.74) is 5.08. The van der Waals surface area contributed by atoms with Crippen LogP contribution in [0, 0.1) is 26.7 Å². The number of nitrogens with zero attached hydrogens (tertiary/aromatic N) is 1. The Morgan fingerprint density at radius 1 is 1.22 bits per heavy atom. The Kier molecular flexibility index (Phi) is 5.51. The Balaban J connectivity index is 1.61. The molecule has 6 nitrogen and oxygen atoms in total. The molecule has 0 bridgehead atoms. The predicted octanol–water partition coefficient (Wildman–Crippen LogP) is 3.24. The summed E-state index contributed by atoms with van der Waals surface area (Å²) in [7, 11) is 0. The lowest BCUT2D eigenvalue weighted by Crippen LogP contribution is -2.51. The molecule has 2 N–H and O–H groups in total. The predicted molar refractivity (Wildman–Crippen MR) is 105 cm³/mol. The van der Waals surface area contributed by atoms with E-state index in [0.717, 1.165) is 33.9 Å². The zero-order chi connectivity index (χ0) is 19.8. The summed E-state index contributed by atoms with van der Waals surface area (Å²) >= 11 is 1.42. The third-order valence-corrected chi connectivity index (χ3v) is 6.82. The van der Waals surface area contributed by atoms with Crippen molar-refractivity contribution in [2.75, 3.05) is 5.75 Å². The first kappa shape index (κ1) is 19.7. The molecule has 7 heteroatoms. The third kappa shape index (κ3) is 3.98. The molecule has 1 saturated carbocycles. The van der Waals surface area contributed by atoms with E-state index in [9.17, 15) is 14.4 Å². The number of imide groups is 1. The number of carbonyl (C=O) groups excluding carboxylic acids is 3. The molecule has 3 rings (SSSR count). The Labute approximate surface area is 164 Å². The van der Waals surface area contributed by atoms with Gasteiger partial charge >= 0.3 is 6.03 Å². The highest BCUT2D eigenvalue weighted by Gasteiger charge is 2.52. The number of aryl methyl sites for hydroxylation is 3. The lowest BCUT2D eigenvalue weighted by atomic mass is 9.77. The lowest BCUT2D eigenvalue weighted by Gasteiger charge is -2.33. The fourth-order valence-electron chi connectivity index (χ4n) is 4.00. The molecule has 1 spiro atoms. The standard InChI is InChI=1S/C20H27N3O3S/c1-12-5-7-20(8-6-12)18(25)23(19(26)21-20)22-16(24)11-27-17-14(3)9-13(2)10-15(17)4/h9-10,12H,5-8,11H2,1-4H3,(H,21,26)(H,22,24). The van der Waals surface area contributed by atoms with E-state index >= 15 is 0 Å². The van der Waals surface area contributed by atoms with E-state index in [4.69, 9.17) is 0 Å². The van der Waals surface area contributed by atoms with Gasteiger partial charge in [-0.15, -0.1) is 11.8 Å². The van der Waals surface area contributed by atoms with E-state index in [1.807, 2.05) is 20.8 Å². The molecule has 4 amide bonds. The zero-order valence-electron chi connectivity index (χ0n) is 16.3. The quantitative estimate of drug-likeness (QED) is 0.612. The molecule has 1 aliphatic carbocycles. The first-order valence-corrected chi connectivity index (χ1v) is 10.4. The largest absolute Gasteiger partial charge is 0.344 e. The van der Waals surface area contributed by atoms with Crippen LogP contribution in [-0.4, -0.2) is 34.1 Å². The van der Waals surface area contributed by atoms with Crippen LogP contribution in [-0.2, 0) is 9.59 Å². The summed E-state index contributed by atoms with van der Waals surface area (Å²) in [6.45, 7) is 8.23. The molecule has 0 unspecified atom stereocenters. The number of carbonyl (C=O) groups is 3. The molecule has 0 radical (unpaired) electrons. The normalized spacial score (nSPS) is 25.0. The molecule has 1 aromatic carbocycles. The van der Waals surface area contributed by atoms with Gasteiger partial charge in [-0.3, -0.25) is 15.0 Å². The maximum atomic E-state index is 12.8. The number of thioether (sulfide) groups is 1. The second-order valence-corrected chi connectivity index (χ2v) is 8.87. The van der Waals surface area contributed by atoms with Crippen LogP contribution in [0.2, 0.25) is 0 Å². The maximum Gasteiger partial charge on any atom is 0.344 e. The topological polar surface area (TPSA) is 78.5 Å². The van der Waals surface area contributed by atoms with Crippen molar-refractivity contribution in [3.8, 4) is 0 Å². The van der Waals surface area contributed by atoms with E-state index < -0.39 is 11.6 Å². The Morgan fingerprint density at radius 2 is 1.81 bits per heavy atom. The minimum absolute atomic E-state index is 0.145. The second kappa shape index (κ2) is 7.54. The monoisotopic (exact) mass is 389 g/mol. The van der Waals surface area contributed by atoms with Crippen molar-refractivity contribution < 1.29 is 14.4 Å². The summed E-state index contributed by atoms with van der Waals surface area (Å²) in [5.74, 6) is 0.0113. The van der Waals surface area contributed by atoms with Gasteiger partial charge in [-0.05, 0) is 63.5 Å². The molecule has 27 heavy (non-hydrogen) atoms. The third-order valence-electron chi connectivity index (χ3n) is 5.48. The Hall–Kier alpha value is -2.02. The van der Waals surface area contributed by atoms with E-state index in [2.05, 4.69) is 29.8 Å². The van der Waals surface area contributed by atoms with E-state index in [-0.39, 0.29) is 17.6 Å². The summed E-state index contributed by atoms with van der Waals surface area (Å²) in [6.07, 6.45) is 3.05. The van der Waals surface area contributed by atoms with Crippen molar-refractivity contribution in [1.82, 2.24) is 15.8 Å². The smallest absolute Gasteiger partial charge is 0.322 e. The number of rotatable bonds is 4. The summed E-state index contributed by atoms with van der Waals surface area (Å²) < 4.78 is 0. The van der Waals surface area contributed by atoms with Crippen LogP contribution in [0.3, 0.4) is 0 Å². The first-order chi connectivity index (χ1) is 12.7. The fraction of sp³-hybridized carbons (Fsp3) is 0.550. The molecule has 1 aliphatic heterocycles. The molecule has 0 aromatic heterocycles. The summed E-state index contributed by atoms with van der Waals surface area (Å²) in [5, 5.41) is 3.68. The number of amides is 4. The number of hydrogen-bond acceptors (Lipinski definition) is 4. The lowest BCUT2D eigenvalue weighted by molar-refractivity contribution is -0.139. The Bertz CT molecular complexity index is 762. The van der Waals surface area contributed by atoms with Gasteiger partial charge in [-0.2, -0.15) is 5.01 Å². The Morgan fingerprint density at radius 3 is 2.41 bits per heavy atom. The van der Waals surface area contributed by atoms with Crippen LogP contribution in [0.1, 0.15) is 49.3 Å². The second-order valence-electron chi connectivity index (χ2n) is 7.89. The van der Waals surface area contributed by atoms with E-state index in [0.29, 0.717) is 18.8 Å². The fourth-order valence-corrected chi connectivity index (χ4v) is 4.92. The van der Waals surface area contributed by atoms with Crippen molar-refractivity contribution in [2.45, 2.75) is 63.8 Å². The van der Waals surface area contributed by atoms with Gasteiger partial charge < -0.3 is 5.32 Å². The summed E-state index contributed by atoms with van der Waals surface area (Å²) in [4.78, 5) is 38.5. The number of hydrogen-bond donors (Lipinski definition) is 2. The molecule has 0 atom stereocenters. The van der Waals surface area contributed by atoms with Gasteiger partial charge in [0.1, 0.15) is 5.54 Å². The van der Waals surface area contributed by atoms with E-state index in [1.165, 1.54) is 17.3 Å². The minimum atomic E-state index is -0.839. The zero-order valence-corrected chi connectivity index (χ0v) is 17.2. The van der Waals surface area contributed by atoms with Gasteiger partial charge in [0, 0.05) is 4.90 Å². The SMILES string of the molecule is Cc1cc(C)c(SCC(=O)NN2C(=O)NC3(CCC(C)CC3)C2=O)c(C)c1. The van der Waals surface area contributed by atoms with Crippen LogP contribution in [0.15, 0.2) is 17.0 Å². The average molecular weight is 390 g/mol. The van der Waals surface area contributed by atoms with Crippen LogP contribution >= 0.6 is 11.8 Å². The highest BCUT2D eigenvalue weighted by molar-refractivity contribution is 8.00. The maximum absolute atomic E-state index is 12.8. The highest BCUT2D eigenvalue weighted by atomic mass is 32.2. The van der Waals surface area contributed by atoms with Crippen molar-refractivity contribution in [2.24, 2.45) is 5.92 Å². The van der Waals surface area contributed by atoms with Crippen molar-refractivity contribution in [1.29, 1.82) is 0 Å². The molecule has 1 saturated heterocycles. The highest BCUT2D eigenvalue weighted by Crippen LogP contribution is 2.36. The number of benzene rings is 1. The average Bonchev–Trinajstić information content (AvgIpc) is 2.81. The van der Waals surface area contributed by atoms with Crippen LogP contribution in [0.25, 0.3) is 0 Å². The van der Waals surface area contributed by atoms with Crippen molar-refractivity contribution >= 4 is 29.6 Å². The van der Waals surface area contributed by atoms with Crippen LogP contribution in [0.5, 0.6) is 0 Å². The molecule has 2 fully saturated rings. The molecule has 1 aromatic rings. The van der Waals surface area contributed by atoms with Crippen molar-refractivity contribution in [3.05, 3.63) is 28.8 Å². The summed E-state index contributed by atoms with van der Waals surface area (Å²) in [6, 6.07) is 3.63. The van der Waals surface area contributed by atoms with Crippen LogP contribution in [0.4, 0.5) is 4.79 Å². The van der Waals surface area contributed by atoms with E-state index in [1.54, 1.807) is 0 Å². The van der Waals surface area contributed by atoms with Crippen molar-refractivity contribution in [3.63, 3.8) is 0 Å². The molecule has 146 valence electrons. The van der Waals surface area contributed by atoms with Gasteiger partial charge in [-0.1, -0.05) is 24.6 Å².